The van der Waals surface area contributed by atoms with E-state index in [0.29, 0.717) is 35.3 Å². The van der Waals surface area contributed by atoms with E-state index in [9.17, 15) is 14.4 Å². The van der Waals surface area contributed by atoms with E-state index in [1.54, 1.807) is 13.2 Å². The van der Waals surface area contributed by atoms with Crippen LogP contribution >= 0.6 is 0 Å². The van der Waals surface area contributed by atoms with Gasteiger partial charge in [-0.1, -0.05) is 43.7 Å². The number of nitrogens with zero attached hydrogens (tertiary/aromatic N) is 2. The quantitative estimate of drug-likeness (QED) is 0.597. The lowest BCUT2D eigenvalue weighted by Crippen LogP contribution is -2.39. The molecule has 1 heterocycles. The minimum absolute atomic E-state index is 0.0376. The zero-order chi connectivity index (χ0) is 23.2. The van der Waals surface area contributed by atoms with Crippen LogP contribution in [-0.4, -0.2) is 23.3 Å². The molecule has 0 fully saturated rings. The number of anilines is 1. The van der Waals surface area contributed by atoms with E-state index in [1.165, 1.54) is 9.47 Å². The molecule has 32 heavy (non-hydrogen) atoms. The van der Waals surface area contributed by atoms with Crippen molar-refractivity contribution in [2.75, 3.05) is 11.9 Å². The van der Waals surface area contributed by atoms with Crippen molar-refractivity contribution in [2.24, 2.45) is 5.41 Å². The summed E-state index contributed by atoms with van der Waals surface area (Å²) >= 11 is 0. The van der Waals surface area contributed by atoms with Gasteiger partial charge in [-0.05, 0) is 61.1 Å². The van der Waals surface area contributed by atoms with Crippen molar-refractivity contribution in [3.8, 4) is 5.69 Å². The first kappa shape index (κ1) is 21.8. The molecule has 164 valence electrons. The Morgan fingerprint density at radius 2 is 1.66 bits per heavy atom. The molecule has 2 aromatic carbocycles. The van der Waals surface area contributed by atoms with Crippen molar-refractivity contribution < 1.29 is 9.59 Å². The number of pyridine rings is 1. The van der Waals surface area contributed by atoms with Gasteiger partial charge in [-0.25, -0.2) is 0 Å². The normalized spacial score (nSPS) is 14.7. The van der Waals surface area contributed by atoms with Crippen molar-refractivity contribution in [1.29, 1.82) is 0 Å². The van der Waals surface area contributed by atoms with Gasteiger partial charge in [0.15, 0.2) is 5.78 Å². The predicted octanol–water partition coefficient (Wildman–Crippen LogP) is 4.89. The van der Waals surface area contributed by atoms with E-state index in [0.717, 1.165) is 11.1 Å². The second-order valence-electron chi connectivity index (χ2n) is 9.55. The molecule has 5 nitrogen and oxygen atoms in total. The minimum atomic E-state index is -0.400. The number of hydrogen-bond donors (Lipinski definition) is 0. The lowest BCUT2D eigenvalue weighted by molar-refractivity contribution is 0.0910. The van der Waals surface area contributed by atoms with Gasteiger partial charge in [-0.15, -0.1) is 0 Å². The molecule has 0 saturated heterocycles. The Kier molecular flexibility index (Phi) is 5.37. The lowest BCUT2D eigenvalue weighted by atomic mass is 9.73. The number of amides is 1. The summed E-state index contributed by atoms with van der Waals surface area (Å²) in [5, 5.41) is 0. The number of fused-ring (bicyclic) bond motifs is 1. The fourth-order valence-corrected chi connectivity index (χ4v) is 4.38. The second kappa shape index (κ2) is 7.90. The number of carbonyl (C=O) groups excluding carboxylic acids is 2. The Bertz CT molecular complexity index is 1280. The van der Waals surface area contributed by atoms with E-state index >= 15 is 0 Å². The number of aryl methyl sites for hydroxylation is 2. The summed E-state index contributed by atoms with van der Waals surface area (Å²) in [6.07, 6.45) is 2.50. The van der Waals surface area contributed by atoms with Gasteiger partial charge < -0.3 is 4.90 Å². The Hall–Kier alpha value is -3.47. The Morgan fingerprint density at radius 3 is 2.31 bits per heavy atom. The molecule has 0 unspecified atom stereocenters. The van der Waals surface area contributed by atoms with Crippen molar-refractivity contribution in [2.45, 2.75) is 40.5 Å². The first-order valence-electron chi connectivity index (χ1n) is 10.8. The van der Waals surface area contributed by atoms with Crippen LogP contribution < -0.4 is 10.5 Å². The molecule has 0 atom stereocenters. The molecule has 0 spiro atoms. The largest absolute Gasteiger partial charge is 0.311 e. The van der Waals surface area contributed by atoms with Crippen molar-refractivity contribution in [3.05, 3.63) is 92.9 Å². The zero-order valence-corrected chi connectivity index (χ0v) is 19.2. The van der Waals surface area contributed by atoms with Crippen LogP contribution in [0, 0.1) is 19.3 Å². The van der Waals surface area contributed by atoms with E-state index < -0.39 is 11.5 Å². The third-order valence-electron chi connectivity index (χ3n) is 6.13. The summed E-state index contributed by atoms with van der Waals surface area (Å²) < 4.78 is 1.44. The Balaban J connectivity index is 1.95. The molecule has 1 aliphatic rings. The van der Waals surface area contributed by atoms with Crippen LogP contribution in [0.15, 0.2) is 59.5 Å². The van der Waals surface area contributed by atoms with Gasteiger partial charge in [0.2, 0.25) is 0 Å². The standard InChI is InChI=1S/C27H28N2O3/c1-17-9-11-19(12-10-17)29-16-22-21(14-27(3,4)15-23(22)30)24(26(29)32)25(31)28(5)20-8-6-7-18(2)13-20/h6-13,16H,14-15H2,1-5H3. The SMILES string of the molecule is Cc1ccc(-n2cc3c(c(C(=O)N(C)c4cccc(C)c4)c2=O)CC(C)(C)CC3=O)cc1. The smallest absolute Gasteiger partial charge is 0.268 e. The van der Waals surface area contributed by atoms with Crippen LogP contribution in [0.5, 0.6) is 0 Å². The maximum Gasteiger partial charge on any atom is 0.268 e. The number of rotatable bonds is 3. The van der Waals surface area contributed by atoms with Crippen LogP contribution in [0.25, 0.3) is 5.69 Å². The van der Waals surface area contributed by atoms with E-state index in [4.69, 9.17) is 0 Å². The van der Waals surface area contributed by atoms with Crippen LogP contribution in [0.1, 0.15) is 57.7 Å². The first-order valence-corrected chi connectivity index (χ1v) is 10.8. The molecule has 3 aromatic rings. The average Bonchev–Trinajstić information content (AvgIpc) is 2.72. The summed E-state index contributed by atoms with van der Waals surface area (Å²) in [7, 11) is 1.67. The van der Waals surface area contributed by atoms with Gasteiger partial charge in [0.05, 0.1) is 0 Å². The van der Waals surface area contributed by atoms with Crippen molar-refractivity contribution >= 4 is 17.4 Å². The maximum absolute atomic E-state index is 13.7. The highest BCUT2D eigenvalue weighted by Crippen LogP contribution is 2.36. The molecule has 0 aliphatic heterocycles. The van der Waals surface area contributed by atoms with Gasteiger partial charge in [0.25, 0.3) is 11.5 Å². The number of Topliss-reactive ketones (excluding diaryl/α,β-unsaturated/α-hetero) is 1. The van der Waals surface area contributed by atoms with Gasteiger partial charge in [-0.3, -0.25) is 19.0 Å². The van der Waals surface area contributed by atoms with Gasteiger partial charge in [-0.2, -0.15) is 0 Å². The molecule has 1 aromatic heterocycles. The fourth-order valence-electron chi connectivity index (χ4n) is 4.38. The first-order chi connectivity index (χ1) is 15.1. The molecule has 1 aliphatic carbocycles. The van der Waals surface area contributed by atoms with E-state index in [1.807, 2.05) is 76.2 Å². The highest BCUT2D eigenvalue weighted by Gasteiger charge is 2.36. The van der Waals surface area contributed by atoms with Crippen LogP contribution in [0.4, 0.5) is 5.69 Å². The minimum Gasteiger partial charge on any atom is -0.311 e. The zero-order valence-electron chi connectivity index (χ0n) is 19.2. The molecule has 0 saturated carbocycles. The van der Waals surface area contributed by atoms with E-state index in [-0.39, 0.29) is 16.8 Å². The monoisotopic (exact) mass is 428 g/mol. The highest BCUT2D eigenvalue weighted by molar-refractivity contribution is 6.09. The topological polar surface area (TPSA) is 59.4 Å². The Labute approximate surface area is 188 Å². The van der Waals surface area contributed by atoms with Gasteiger partial charge in [0, 0.05) is 36.6 Å². The van der Waals surface area contributed by atoms with Crippen molar-refractivity contribution in [3.63, 3.8) is 0 Å². The van der Waals surface area contributed by atoms with Crippen LogP contribution in [0.3, 0.4) is 0 Å². The average molecular weight is 429 g/mol. The summed E-state index contributed by atoms with van der Waals surface area (Å²) in [6, 6.07) is 15.1. The molecule has 0 radical (unpaired) electrons. The van der Waals surface area contributed by atoms with Gasteiger partial charge in [0.1, 0.15) is 5.56 Å². The molecule has 1 amide bonds. The number of ketones is 1. The molecular weight excluding hydrogens is 400 g/mol. The fraction of sp³-hybridized carbons (Fsp3) is 0.296. The lowest BCUT2D eigenvalue weighted by Gasteiger charge is -2.32. The molecular formula is C27H28N2O3. The third kappa shape index (κ3) is 3.91. The molecule has 4 rings (SSSR count). The van der Waals surface area contributed by atoms with Crippen LogP contribution in [-0.2, 0) is 6.42 Å². The van der Waals surface area contributed by atoms with E-state index in [2.05, 4.69) is 0 Å². The summed E-state index contributed by atoms with van der Waals surface area (Å²) in [5.41, 5.74) is 3.80. The number of benzene rings is 2. The van der Waals surface area contributed by atoms with Crippen LogP contribution in [0.2, 0.25) is 0 Å². The molecule has 0 bridgehead atoms. The summed E-state index contributed by atoms with van der Waals surface area (Å²) in [4.78, 5) is 42.0. The molecule has 5 heteroatoms. The van der Waals surface area contributed by atoms with Gasteiger partial charge >= 0.3 is 0 Å². The number of aromatic nitrogens is 1. The number of hydrogen-bond acceptors (Lipinski definition) is 3. The summed E-state index contributed by atoms with van der Waals surface area (Å²) in [5.74, 6) is -0.437. The Morgan fingerprint density at radius 1 is 0.969 bits per heavy atom. The molecule has 0 N–H and O–H groups in total. The summed E-state index contributed by atoms with van der Waals surface area (Å²) in [6.45, 7) is 7.92. The van der Waals surface area contributed by atoms with Crippen molar-refractivity contribution in [1.82, 2.24) is 4.57 Å². The maximum atomic E-state index is 13.7. The highest BCUT2D eigenvalue weighted by atomic mass is 16.2. The third-order valence-corrected chi connectivity index (χ3v) is 6.13. The predicted molar refractivity (Wildman–Crippen MR) is 127 cm³/mol. The number of carbonyl (C=O) groups is 2. The second-order valence-corrected chi connectivity index (χ2v) is 9.55.